The number of nitrogens with one attached hydrogen (secondary N) is 1. The molecule has 3 heteroatoms. The molecule has 0 radical (unpaired) electrons. The van der Waals surface area contributed by atoms with Gasteiger partial charge < -0.3 is 14.8 Å². The van der Waals surface area contributed by atoms with E-state index in [9.17, 15) is 0 Å². The lowest BCUT2D eigenvalue weighted by molar-refractivity contribution is 0.306. The van der Waals surface area contributed by atoms with E-state index in [1.807, 2.05) is 54.6 Å². The van der Waals surface area contributed by atoms with Crippen LogP contribution in [0.3, 0.4) is 0 Å². The van der Waals surface area contributed by atoms with Gasteiger partial charge in [0.2, 0.25) is 0 Å². The summed E-state index contributed by atoms with van der Waals surface area (Å²) in [7, 11) is 0. The molecule has 1 N–H and O–H groups in total. The molecule has 0 saturated heterocycles. The molecule has 0 aliphatic rings. The maximum atomic E-state index is 5.82. The Morgan fingerprint density at radius 2 is 1.50 bits per heavy atom. The summed E-state index contributed by atoms with van der Waals surface area (Å²) < 4.78 is 11.5. The molecule has 0 aliphatic carbocycles. The van der Waals surface area contributed by atoms with Gasteiger partial charge in [-0.1, -0.05) is 49.4 Å². The van der Waals surface area contributed by atoms with Crippen LogP contribution in [-0.2, 0) is 13.2 Å². The van der Waals surface area contributed by atoms with Crippen molar-refractivity contribution in [3.8, 4) is 11.5 Å². The van der Waals surface area contributed by atoms with E-state index in [0.717, 1.165) is 36.8 Å². The highest BCUT2D eigenvalue weighted by molar-refractivity contribution is 5.47. The molecule has 0 unspecified atom stereocenters. The van der Waals surface area contributed by atoms with Gasteiger partial charge in [-0.05, 0) is 53.9 Å². The highest BCUT2D eigenvalue weighted by Crippen LogP contribution is 2.19. The minimum atomic E-state index is 0.582. The van der Waals surface area contributed by atoms with E-state index in [-0.39, 0.29) is 0 Å². The van der Waals surface area contributed by atoms with Crippen LogP contribution in [0.1, 0.15) is 24.5 Å². The Balaban J connectivity index is 1.50. The highest BCUT2D eigenvalue weighted by atomic mass is 16.5. The van der Waals surface area contributed by atoms with Gasteiger partial charge in [0.1, 0.15) is 18.1 Å². The second-order valence-corrected chi connectivity index (χ2v) is 6.15. The van der Waals surface area contributed by atoms with Gasteiger partial charge in [0, 0.05) is 12.2 Å². The fraction of sp³-hybridized carbons (Fsp3) is 0.217. The molecule has 0 amide bonds. The molecule has 0 bridgehead atoms. The SMILES string of the molecule is CCCOc1cccc(CNc2ccc(OCc3ccccc3)cc2)c1. The fourth-order valence-electron chi connectivity index (χ4n) is 2.58. The number of ether oxygens (including phenoxy) is 2. The van der Waals surface area contributed by atoms with Gasteiger partial charge in [-0.3, -0.25) is 0 Å². The molecule has 0 aromatic heterocycles. The zero-order chi connectivity index (χ0) is 18.0. The van der Waals surface area contributed by atoms with Crippen molar-refractivity contribution in [3.63, 3.8) is 0 Å². The lowest BCUT2D eigenvalue weighted by Gasteiger charge is -2.10. The predicted octanol–water partition coefficient (Wildman–Crippen LogP) is 5.67. The molecule has 0 spiro atoms. The van der Waals surface area contributed by atoms with E-state index >= 15 is 0 Å². The molecule has 0 heterocycles. The highest BCUT2D eigenvalue weighted by Gasteiger charge is 1.99. The number of benzene rings is 3. The summed E-state index contributed by atoms with van der Waals surface area (Å²) >= 11 is 0. The molecule has 3 rings (SSSR count). The van der Waals surface area contributed by atoms with E-state index in [1.165, 1.54) is 11.1 Å². The average Bonchev–Trinajstić information content (AvgIpc) is 2.71. The maximum Gasteiger partial charge on any atom is 0.119 e. The third-order valence-corrected chi connectivity index (χ3v) is 3.97. The quantitative estimate of drug-likeness (QED) is 0.541. The minimum Gasteiger partial charge on any atom is -0.494 e. The summed E-state index contributed by atoms with van der Waals surface area (Å²) in [5.41, 5.74) is 3.43. The Morgan fingerprint density at radius 1 is 0.731 bits per heavy atom. The number of rotatable bonds is 9. The average molecular weight is 347 g/mol. The first-order chi connectivity index (χ1) is 12.8. The molecule has 0 aliphatic heterocycles. The zero-order valence-electron chi connectivity index (χ0n) is 15.2. The first kappa shape index (κ1) is 17.9. The first-order valence-electron chi connectivity index (χ1n) is 9.06. The number of hydrogen-bond donors (Lipinski definition) is 1. The third-order valence-electron chi connectivity index (χ3n) is 3.97. The molecule has 0 saturated carbocycles. The van der Waals surface area contributed by atoms with Crippen LogP contribution >= 0.6 is 0 Å². The molecule has 0 fully saturated rings. The zero-order valence-corrected chi connectivity index (χ0v) is 15.2. The van der Waals surface area contributed by atoms with Gasteiger partial charge in [-0.2, -0.15) is 0 Å². The first-order valence-corrected chi connectivity index (χ1v) is 9.06. The minimum absolute atomic E-state index is 0.582. The van der Waals surface area contributed by atoms with Gasteiger partial charge in [-0.25, -0.2) is 0 Å². The van der Waals surface area contributed by atoms with Crippen molar-refractivity contribution < 1.29 is 9.47 Å². The maximum absolute atomic E-state index is 5.82. The van der Waals surface area contributed by atoms with E-state index in [0.29, 0.717) is 6.61 Å². The van der Waals surface area contributed by atoms with Gasteiger partial charge in [0.05, 0.1) is 6.61 Å². The van der Waals surface area contributed by atoms with Crippen molar-refractivity contribution in [3.05, 3.63) is 90.0 Å². The molecule has 3 aromatic carbocycles. The van der Waals surface area contributed by atoms with Crippen molar-refractivity contribution in [2.45, 2.75) is 26.5 Å². The van der Waals surface area contributed by atoms with Crippen molar-refractivity contribution >= 4 is 5.69 Å². The predicted molar refractivity (Wildman–Crippen MR) is 107 cm³/mol. The molecule has 0 atom stereocenters. The van der Waals surface area contributed by atoms with Crippen LogP contribution in [0.5, 0.6) is 11.5 Å². The van der Waals surface area contributed by atoms with Crippen LogP contribution in [0.4, 0.5) is 5.69 Å². The van der Waals surface area contributed by atoms with Gasteiger partial charge in [-0.15, -0.1) is 0 Å². The van der Waals surface area contributed by atoms with Crippen molar-refractivity contribution in [1.29, 1.82) is 0 Å². The largest absolute Gasteiger partial charge is 0.494 e. The summed E-state index contributed by atoms with van der Waals surface area (Å²) in [6.45, 7) is 4.20. The topological polar surface area (TPSA) is 30.5 Å². The monoisotopic (exact) mass is 347 g/mol. The second kappa shape index (κ2) is 9.52. The Kier molecular flexibility index (Phi) is 6.54. The van der Waals surface area contributed by atoms with Gasteiger partial charge in [0.15, 0.2) is 0 Å². The molecule has 3 aromatic rings. The van der Waals surface area contributed by atoms with E-state index in [1.54, 1.807) is 0 Å². The smallest absolute Gasteiger partial charge is 0.119 e. The van der Waals surface area contributed by atoms with Crippen LogP contribution in [0, 0.1) is 0 Å². The van der Waals surface area contributed by atoms with Gasteiger partial charge >= 0.3 is 0 Å². The van der Waals surface area contributed by atoms with Crippen LogP contribution in [0.25, 0.3) is 0 Å². The summed E-state index contributed by atoms with van der Waals surface area (Å²) in [5, 5.41) is 3.43. The number of hydrogen-bond acceptors (Lipinski definition) is 3. The lowest BCUT2D eigenvalue weighted by atomic mass is 10.2. The Labute approximate surface area is 155 Å². The van der Waals surface area contributed by atoms with E-state index < -0.39 is 0 Å². The standard InChI is InChI=1S/C23H25NO2/c1-2-15-25-23-10-6-9-20(16-23)17-24-21-11-13-22(14-12-21)26-18-19-7-4-3-5-8-19/h3-14,16,24H,2,15,17-18H2,1H3. The summed E-state index contributed by atoms with van der Waals surface area (Å²) in [5.74, 6) is 1.80. The normalized spacial score (nSPS) is 10.3. The lowest BCUT2D eigenvalue weighted by Crippen LogP contribution is -2.01. The van der Waals surface area contributed by atoms with Crippen molar-refractivity contribution in [2.24, 2.45) is 0 Å². The Morgan fingerprint density at radius 3 is 2.27 bits per heavy atom. The summed E-state index contributed by atoms with van der Waals surface area (Å²) in [4.78, 5) is 0. The summed E-state index contributed by atoms with van der Waals surface area (Å²) in [6.07, 6.45) is 1.02. The molecule has 3 nitrogen and oxygen atoms in total. The second-order valence-electron chi connectivity index (χ2n) is 6.15. The molecular weight excluding hydrogens is 322 g/mol. The molecule has 26 heavy (non-hydrogen) atoms. The van der Waals surface area contributed by atoms with E-state index in [4.69, 9.17) is 9.47 Å². The molecular formula is C23H25NO2. The third kappa shape index (κ3) is 5.55. The van der Waals surface area contributed by atoms with Crippen LogP contribution < -0.4 is 14.8 Å². The Hall–Kier alpha value is -2.94. The van der Waals surface area contributed by atoms with Crippen LogP contribution in [-0.4, -0.2) is 6.61 Å². The summed E-state index contributed by atoms with van der Waals surface area (Å²) in [6, 6.07) is 26.5. The van der Waals surface area contributed by atoms with Gasteiger partial charge in [0.25, 0.3) is 0 Å². The van der Waals surface area contributed by atoms with Crippen molar-refractivity contribution in [2.75, 3.05) is 11.9 Å². The van der Waals surface area contributed by atoms with Crippen LogP contribution in [0.15, 0.2) is 78.9 Å². The number of anilines is 1. The van der Waals surface area contributed by atoms with Crippen molar-refractivity contribution in [1.82, 2.24) is 0 Å². The molecule has 134 valence electrons. The van der Waals surface area contributed by atoms with E-state index in [2.05, 4.69) is 36.5 Å². The Bertz CT molecular complexity index is 785. The van der Waals surface area contributed by atoms with Crippen LogP contribution in [0.2, 0.25) is 0 Å². The fourth-order valence-corrected chi connectivity index (χ4v) is 2.58.